The number of rotatable bonds is 6. The zero-order valence-electron chi connectivity index (χ0n) is 11.2. The van der Waals surface area contributed by atoms with Crippen LogP contribution in [0.3, 0.4) is 0 Å². The minimum atomic E-state index is -0.323. The van der Waals surface area contributed by atoms with E-state index in [1.165, 1.54) is 12.8 Å². The highest BCUT2D eigenvalue weighted by atomic mass is 16.2. The molecule has 0 aliphatic carbocycles. The summed E-state index contributed by atoms with van der Waals surface area (Å²) in [7, 11) is 0. The lowest BCUT2D eigenvalue weighted by Gasteiger charge is -2.31. The number of hydrogen-bond donors (Lipinski definition) is 2. The van der Waals surface area contributed by atoms with Crippen LogP contribution in [0.4, 0.5) is 0 Å². The highest BCUT2D eigenvalue weighted by Crippen LogP contribution is 2.15. The number of carbonyl (C=O) groups excluding carboxylic acids is 1. The first-order chi connectivity index (χ1) is 8.17. The molecule has 1 aliphatic rings. The molecule has 0 aromatic rings. The molecule has 1 rings (SSSR count). The summed E-state index contributed by atoms with van der Waals surface area (Å²) in [5, 5.41) is 2.99. The summed E-state index contributed by atoms with van der Waals surface area (Å²) in [6, 6.07) is -0.323. The van der Waals surface area contributed by atoms with E-state index in [0.29, 0.717) is 5.92 Å². The van der Waals surface area contributed by atoms with E-state index in [-0.39, 0.29) is 11.9 Å². The molecule has 1 atom stereocenters. The Kier molecular flexibility index (Phi) is 6.52. The van der Waals surface area contributed by atoms with Gasteiger partial charge < -0.3 is 16.0 Å². The molecule has 1 amide bonds. The molecule has 1 fully saturated rings. The van der Waals surface area contributed by atoms with Crippen molar-refractivity contribution >= 4 is 5.91 Å². The second-order valence-electron chi connectivity index (χ2n) is 5.02. The molecule has 1 heterocycles. The van der Waals surface area contributed by atoms with Gasteiger partial charge in [0, 0.05) is 6.54 Å². The van der Waals surface area contributed by atoms with Crippen molar-refractivity contribution < 1.29 is 4.79 Å². The van der Waals surface area contributed by atoms with Crippen molar-refractivity contribution in [2.24, 2.45) is 11.7 Å². The molecule has 1 saturated heterocycles. The summed E-state index contributed by atoms with van der Waals surface area (Å²) in [4.78, 5) is 14.1. The van der Waals surface area contributed by atoms with Crippen LogP contribution in [-0.2, 0) is 4.79 Å². The van der Waals surface area contributed by atoms with Crippen molar-refractivity contribution in [1.82, 2.24) is 10.2 Å². The first kappa shape index (κ1) is 14.5. The molecule has 4 heteroatoms. The maximum Gasteiger partial charge on any atom is 0.236 e. The van der Waals surface area contributed by atoms with E-state index in [2.05, 4.69) is 17.1 Å². The standard InChI is InChI=1S/C13H27N3O/c1-3-5-12(14)13(17)15-10-11-6-8-16(4-2)9-7-11/h11-12H,3-10,14H2,1-2H3,(H,15,17)/t12-/m1/s1. The number of piperidine rings is 1. The Morgan fingerprint density at radius 1 is 1.41 bits per heavy atom. The SMILES string of the molecule is CCC[C@@H](N)C(=O)NCC1CCN(CC)CC1. The van der Waals surface area contributed by atoms with Crippen molar-refractivity contribution in [2.45, 2.75) is 45.6 Å². The van der Waals surface area contributed by atoms with Crippen LogP contribution < -0.4 is 11.1 Å². The van der Waals surface area contributed by atoms with Crippen molar-refractivity contribution in [3.05, 3.63) is 0 Å². The van der Waals surface area contributed by atoms with Crippen molar-refractivity contribution in [3.63, 3.8) is 0 Å². The van der Waals surface area contributed by atoms with E-state index in [0.717, 1.165) is 39.0 Å². The fourth-order valence-electron chi connectivity index (χ4n) is 2.32. The molecular weight excluding hydrogens is 214 g/mol. The van der Waals surface area contributed by atoms with Crippen LogP contribution in [0.15, 0.2) is 0 Å². The van der Waals surface area contributed by atoms with Crippen LogP contribution in [0.5, 0.6) is 0 Å². The Bertz CT molecular complexity index is 225. The predicted octanol–water partition coefficient (Wildman–Crippen LogP) is 0.962. The lowest BCUT2D eigenvalue weighted by Crippen LogP contribution is -2.44. The molecule has 3 N–H and O–H groups in total. The second-order valence-corrected chi connectivity index (χ2v) is 5.02. The molecule has 0 aromatic heterocycles. The van der Waals surface area contributed by atoms with E-state index in [9.17, 15) is 4.79 Å². The lowest BCUT2D eigenvalue weighted by atomic mass is 9.96. The zero-order valence-corrected chi connectivity index (χ0v) is 11.2. The maximum absolute atomic E-state index is 11.6. The molecule has 0 bridgehead atoms. The molecular formula is C13H27N3O. The summed E-state index contributed by atoms with van der Waals surface area (Å²) in [6.45, 7) is 8.52. The van der Waals surface area contributed by atoms with Crippen LogP contribution in [0.2, 0.25) is 0 Å². The van der Waals surface area contributed by atoms with Crippen LogP contribution in [-0.4, -0.2) is 43.0 Å². The Morgan fingerprint density at radius 3 is 2.59 bits per heavy atom. The summed E-state index contributed by atoms with van der Waals surface area (Å²) < 4.78 is 0. The first-order valence-corrected chi connectivity index (χ1v) is 6.93. The van der Waals surface area contributed by atoms with Crippen molar-refractivity contribution in [2.75, 3.05) is 26.2 Å². The number of nitrogens with one attached hydrogen (secondary N) is 1. The second kappa shape index (κ2) is 7.67. The largest absolute Gasteiger partial charge is 0.354 e. The Hall–Kier alpha value is -0.610. The molecule has 0 unspecified atom stereocenters. The average molecular weight is 241 g/mol. The van der Waals surface area contributed by atoms with E-state index in [1.54, 1.807) is 0 Å². The molecule has 1 aliphatic heterocycles. The average Bonchev–Trinajstić information content (AvgIpc) is 2.36. The Labute approximate surface area is 105 Å². The molecule has 0 aromatic carbocycles. The van der Waals surface area contributed by atoms with Gasteiger partial charge in [0.15, 0.2) is 0 Å². The van der Waals surface area contributed by atoms with E-state index in [4.69, 9.17) is 5.73 Å². The third-order valence-electron chi connectivity index (χ3n) is 3.66. The number of likely N-dealkylation sites (tertiary alicyclic amines) is 1. The topological polar surface area (TPSA) is 58.4 Å². The fourth-order valence-corrected chi connectivity index (χ4v) is 2.32. The van der Waals surface area contributed by atoms with Gasteiger partial charge in [-0.1, -0.05) is 20.3 Å². The number of hydrogen-bond acceptors (Lipinski definition) is 3. The smallest absolute Gasteiger partial charge is 0.236 e. The maximum atomic E-state index is 11.6. The lowest BCUT2D eigenvalue weighted by molar-refractivity contribution is -0.122. The third-order valence-corrected chi connectivity index (χ3v) is 3.66. The number of nitrogens with two attached hydrogens (primary N) is 1. The van der Waals surface area contributed by atoms with Gasteiger partial charge in [0.25, 0.3) is 0 Å². The zero-order chi connectivity index (χ0) is 12.7. The van der Waals surface area contributed by atoms with Gasteiger partial charge in [-0.25, -0.2) is 0 Å². The number of carbonyl (C=O) groups is 1. The van der Waals surface area contributed by atoms with E-state index < -0.39 is 0 Å². The number of nitrogens with zero attached hydrogens (tertiary/aromatic N) is 1. The van der Waals surface area contributed by atoms with Gasteiger partial charge in [0.1, 0.15) is 0 Å². The summed E-state index contributed by atoms with van der Waals surface area (Å²) in [5.41, 5.74) is 5.77. The van der Waals surface area contributed by atoms with E-state index >= 15 is 0 Å². The van der Waals surface area contributed by atoms with Crippen LogP contribution in [0, 0.1) is 5.92 Å². The summed E-state index contributed by atoms with van der Waals surface area (Å²) >= 11 is 0. The molecule has 0 spiro atoms. The summed E-state index contributed by atoms with van der Waals surface area (Å²) in [5.74, 6) is 0.653. The minimum absolute atomic E-state index is 0.0183. The van der Waals surface area contributed by atoms with Gasteiger partial charge in [0.05, 0.1) is 6.04 Å². The van der Waals surface area contributed by atoms with E-state index in [1.807, 2.05) is 6.92 Å². The van der Waals surface area contributed by atoms with Gasteiger partial charge in [-0.3, -0.25) is 4.79 Å². The molecule has 4 nitrogen and oxygen atoms in total. The third kappa shape index (κ3) is 5.04. The van der Waals surface area contributed by atoms with Crippen LogP contribution in [0.25, 0.3) is 0 Å². The quantitative estimate of drug-likeness (QED) is 0.728. The highest BCUT2D eigenvalue weighted by Gasteiger charge is 2.19. The van der Waals surface area contributed by atoms with Gasteiger partial charge in [0.2, 0.25) is 5.91 Å². The normalized spacial score (nSPS) is 20.2. The predicted molar refractivity (Wildman–Crippen MR) is 70.7 cm³/mol. The molecule has 0 radical (unpaired) electrons. The number of amides is 1. The monoisotopic (exact) mass is 241 g/mol. The van der Waals surface area contributed by atoms with Gasteiger partial charge in [-0.15, -0.1) is 0 Å². The van der Waals surface area contributed by atoms with Gasteiger partial charge in [-0.2, -0.15) is 0 Å². The van der Waals surface area contributed by atoms with Crippen molar-refractivity contribution in [1.29, 1.82) is 0 Å². The van der Waals surface area contributed by atoms with Crippen LogP contribution >= 0.6 is 0 Å². The molecule has 100 valence electrons. The molecule has 0 saturated carbocycles. The Morgan fingerprint density at radius 2 is 2.06 bits per heavy atom. The fraction of sp³-hybridized carbons (Fsp3) is 0.923. The molecule has 17 heavy (non-hydrogen) atoms. The summed E-state index contributed by atoms with van der Waals surface area (Å²) in [6.07, 6.45) is 4.12. The van der Waals surface area contributed by atoms with Crippen LogP contribution in [0.1, 0.15) is 39.5 Å². The Balaban J connectivity index is 2.16. The van der Waals surface area contributed by atoms with Crippen molar-refractivity contribution in [3.8, 4) is 0 Å². The van der Waals surface area contributed by atoms with Gasteiger partial charge >= 0.3 is 0 Å². The minimum Gasteiger partial charge on any atom is -0.354 e. The highest BCUT2D eigenvalue weighted by molar-refractivity contribution is 5.81. The first-order valence-electron chi connectivity index (χ1n) is 6.93. The van der Waals surface area contributed by atoms with Gasteiger partial charge in [-0.05, 0) is 44.8 Å².